The van der Waals surface area contributed by atoms with Crippen LogP contribution in [0, 0.1) is 5.92 Å². The molecular formula is C11H15Cl2N. The third-order valence-electron chi connectivity index (χ3n) is 2.32. The van der Waals surface area contributed by atoms with Crippen LogP contribution in [0.2, 0.25) is 10.0 Å². The molecule has 1 aromatic carbocycles. The first-order valence-corrected chi connectivity index (χ1v) is 5.53. The standard InChI is InChI=1S/C11H15Cl2N/c1-8(7-14)2-3-9-6-10(12)4-5-11(9)13/h4-6,8H,2-3,7,14H2,1H3. The molecule has 1 atom stereocenters. The second-order valence-corrected chi connectivity index (χ2v) is 4.46. The smallest absolute Gasteiger partial charge is 0.0439 e. The third kappa shape index (κ3) is 3.49. The molecule has 0 amide bonds. The van der Waals surface area contributed by atoms with Gasteiger partial charge in [-0.1, -0.05) is 30.1 Å². The highest BCUT2D eigenvalue weighted by Gasteiger charge is 2.04. The van der Waals surface area contributed by atoms with Crippen LogP contribution < -0.4 is 5.73 Å². The van der Waals surface area contributed by atoms with Crippen LogP contribution >= 0.6 is 23.2 Å². The maximum atomic E-state index is 6.03. The summed E-state index contributed by atoms with van der Waals surface area (Å²) in [5.41, 5.74) is 6.66. The van der Waals surface area contributed by atoms with Gasteiger partial charge in [0, 0.05) is 10.0 Å². The lowest BCUT2D eigenvalue weighted by atomic mass is 10.0. The Morgan fingerprint density at radius 1 is 1.36 bits per heavy atom. The molecule has 0 aliphatic rings. The van der Waals surface area contributed by atoms with Crippen LogP contribution in [-0.2, 0) is 6.42 Å². The molecule has 1 unspecified atom stereocenters. The Bertz CT molecular complexity index is 299. The highest BCUT2D eigenvalue weighted by atomic mass is 35.5. The topological polar surface area (TPSA) is 26.0 Å². The van der Waals surface area contributed by atoms with Gasteiger partial charge in [-0.3, -0.25) is 0 Å². The van der Waals surface area contributed by atoms with Gasteiger partial charge in [-0.2, -0.15) is 0 Å². The SMILES string of the molecule is CC(CN)CCc1cc(Cl)ccc1Cl. The molecule has 0 aromatic heterocycles. The highest BCUT2D eigenvalue weighted by Crippen LogP contribution is 2.22. The van der Waals surface area contributed by atoms with Crippen LogP contribution in [0.15, 0.2) is 18.2 Å². The quantitative estimate of drug-likeness (QED) is 0.844. The zero-order valence-corrected chi connectivity index (χ0v) is 9.78. The van der Waals surface area contributed by atoms with Crippen molar-refractivity contribution < 1.29 is 0 Å². The predicted octanol–water partition coefficient (Wildman–Crippen LogP) is 3.52. The van der Waals surface area contributed by atoms with Crippen molar-refractivity contribution >= 4 is 23.2 Å². The van der Waals surface area contributed by atoms with Crippen molar-refractivity contribution in [2.24, 2.45) is 11.7 Å². The van der Waals surface area contributed by atoms with Gasteiger partial charge in [0.2, 0.25) is 0 Å². The zero-order valence-electron chi connectivity index (χ0n) is 8.26. The fourth-order valence-electron chi connectivity index (χ4n) is 1.25. The average molecular weight is 232 g/mol. The number of aryl methyl sites for hydroxylation is 1. The van der Waals surface area contributed by atoms with Crippen molar-refractivity contribution in [1.82, 2.24) is 0 Å². The van der Waals surface area contributed by atoms with E-state index in [9.17, 15) is 0 Å². The molecule has 0 fully saturated rings. The first-order chi connectivity index (χ1) is 6.63. The molecule has 0 heterocycles. The predicted molar refractivity (Wildman–Crippen MR) is 63.0 cm³/mol. The summed E-state index contributed by atoms with van der Waals surface area (Å²) in [6, 6.07) is 5.57. The molecule has 0 saturated carbocycles. The summed E-state index contributed by atoms with van der Waals surface area (Å²) in [4.78, 5) is 0. The van der Waals surface area contributed by atoms with E-state index in [0.29, 0.717) is 5.92 Å². The lowest BCUT2D eigenvalue weighted by Crippen LogP contribution is -2.11. The highest BCUT2D eigenvalue weighted by molar-refractivity contribution is 6.33. The Kier molecular flexibility index (Phi) is 4.73. The van der Waals surface area contributed by atoms with E-state index in [1.54, 1.807) is 6.07 Å². The number of hydrogen-bond acceptors (Lipinski definition) is 1. The number of rotatable bonds is 4. The molecule has 2 N–H and O–H groups in total. The van der Waals surface area contributed by atoms with Crippen LogP contribution in [0.1, 0.15) is 18.9 Å². The summed E-state index contributed by atoms with van der Waals surface area (Å²) < 4.78 is 0. The lowest BCUT2D eigenvalue weighted by molar-refractivity contribution is 0.545. The van der Waals surface area contributed by atoms with E-state index in [1.165, 1.54) is 0 Å². The summed E-state index contributed by atoms with van der Waals surface area (Å²) >= 11 is 11.9. The van der Waals surface area contributed by atoms with Gasteiger partial charge in [-0.15, -0.1) is 0 Å². The summed E-state index contributed by atoms with van der Waals surface area (Å²) in [5, 5.41) is 1.53. The summed E-state index contributed by atoms with van der Waals surface area (Å²) in [7, 11) is 0. The molecule has 0 aliphatic heterocycles. The van der Waals surface area contributed by atoms with Gasteiger partial charge in [-0.25, -0.2) is 0 Å². The van der Waals surface area contributed by atoms with E-state index in [4.69, 9.17) is 28.9 Å². The minimum atomic E-state index is 0.532. The van der Waals surface area contributed by atoms with Crippen molar-refractivity contribution in [3.05, 3.63) is 33.8 Å². The minimum Gasteiger partial charge on any atom is -0.330 e. The molecule has 1 nitrogen and oxygen atoms in total. The first kappa shape index (κ1) is 11.8. The fourth-order valence-corrected chi connectivity index (χ4v) is 1.66. The van der Waals surface area contributed by atoms with Gasteiger partial charge in [0.15, 0.2) is 0 Å². The van der Waals surface area contributed by atoms with Crippen LogP contribution in [0.5, 0.6) is 0 Å². The zero-order chi connectivity index (χ0) is 10.6. The molecule has 0 bridgehead atoms. The maximum absolute atomic E-state index is 6.03. The molecule has 1 rings (SSSR count). The van der Waals surface area contributed by atoms with Crippen molar-refractivity contribution in [3.8, 4) is 0 Å². The van der Waals surface area contributed by atoms with Gasteiger partial charge < -0.3 is 5.73 Å². The summed E-state index contributed by atoms with van der Waals surface area (Å²) in [6.07, 6.45) is 1.99. The second-order valence-electron chi connectivity index (χ2n) is 3.62. The largest absolute Gasteiger partial charge is 0.330 e. The van der Waals surface area contributed by atoms with Gasteiger partial charge in [-0.05, 0) is 49.1 Å². The lowest BCUT2D eigenvalue weighted by Gasteiger charge is -2.09. The monoisotopic (exact) mass is 231 g/mol. The second kappa shape index (κ2) is 5.59. The van der Waals surface area contributed by atoms with Crippen LogP contribution in [0.4, 0.5) is 0 Å². The number of benzene rings is 1. The molecule has 0 aliphatic carbocycles. The van der Waals surface area contributed by atoms with Gasteiger partial charge in [0.1, 0.15) is 0 Å². The molecule has 0 saturated heterocycles. The Labute approximate surface area is 95.2 Å². The van der Waals surface area contributed by atoms with E-state index < -0.39 is 0 Å². The normalized spacial score (nSPS) is 12.9. The summed E-state index contributed by atoms with van der Waals surface area (Å²) in [5.74, 6) is 0.532. The van der Waals surface area contributed by atoms with E-state index in [-0.39, 0.29) is 0 Å². The Morgan fingerprint density at radius 3 is 2.71 bits per heavy atom. The van der Waals surface area contributed by atoms with E-state index in [0.717, 1.165) is 35.0 Å². The van der Waals surface area contributed by atoms with Gasteiger partial charge in [0.25, 0.3) is 0 Å². The van der Waals surface area contributed by atoms with Crippen LogP contribution in [0.25, 0.3) is 0 Å². The van der Waals surface area contributed by atoms with E-state index in [2.05, 4.69) is 6.92 Å². The average Bonchev–Trinajstić information content (AvgIpc) is 2.19. The number of halogens is 2. The minimum absolute atomic E-state index is 0.532. The van der Waals surface area contributed by atoms with E-state index in [1.807, 2.05) is 12.1 Å². The molecule has 3 heteroatoms. The fraction of sp³-hybridized carbons (Fsp3) is 0.455. The number of hydrogen-bond donors (Lipinski definition) is 1. The van der Waals surface area contributed by atoms with Crippen LogP contribution in [0.3, 0.4) is 0 Å². The summed E-state index contributed by atoms with van der Waals surface area (Å²) in [6.45, 7) is 2.86. The first-order valence-electron chi connectivity index (χ1n) is 4.77. The third-order valence-corrected chi connectivity index (χ3v) is 2.92. The Balaban J connectivity index is 2.62. The van der Waals surface area contributed by atoms with E-state index >= 15 is 0 Å². The maximum Gasteiger partial charge on any atom is 0.0439 e. The van der Waals surface area contributed by atoms with Crippen molar-refractivity contribution in [2.75, 3.05) is 6.54 Å². The molecule has 78 valence electrons. The van der Waals surface area contributed by atoms with Crippen molar-refractivity contribution in [1.29, 1.82) is 0 Å². The number of nitrogens with two attached hydrogens (primary N) is 1. The van der Waals surface area contributed by atoms with Gasteiger partial charge >= 0.3 is 0 Å². The van der Waals surface area contributed by atoms with Gasteiger partial charge in [0.05, 0.1) is 0 Å². The Morgan fingerprint density at radius 2 is 2.07 bits per heavy atom. The molecule has 1 aromatic rings. The molecule has 14 heavy (non-hydrogen) atoms. The Hall–Kier alpha value is -0.240. The van der Waals surface area contributed by atoms with Crippen molar-refractivity contribution in [3.63, 3.8) is 0 Å². The van der Waals surface area contributed by atoms with Crippen LogP contribution in [-0.4, -0.2) is 6.54 Å². The molecule has 0 spiro atoms. The molecule has 0 radical (unpaired) electrons. The van der Waals surface area contributed by atoms with Crippen molar-refractivity contribution in [2.45, 2.75) is 19.8 Å². The molecular weight excluding hydrogens is 217 g/mol.